The summed E-state index contributed by atoms with van der Waals surface area (Å²) in [6.07, 6.45) is 0. The molecule has 2 aliphatic carbocycles. The minimum Gasteiger partial charge on any atom is -0.545 e. The molecule has 2 fully saturated rings. The molecule has 0 aliphatic heterocycles. The standard InChI is InChI=1S/2C10H15.2CHO.2CO.2Fe/c2*1-6-7(2)9(4)10(5)8(6)3;4*1-2;;/h2*1-5H3;2*1H;;;;/q;;2*-1;;;;+2. The van der Waals surface area contributed by atoms with E-state index in [2.05, 4.69) is 96.1 Å². The van der Waals surface area contributed by atoms with Gasteiger partial charge >= 0.3 is 39.7 Å². The number of rotatable bonds is 0. The van der Waals surface area contributed by atoms with E-state index in [4.69, 9.17) is 18.9 Å². The Morgan fingerprint density at radius 3 is 0.467 bits per heavy atom. The van der Waals surface area contributed by atoms with Crippen LogP contribution in [0.5, 0.6) is 0 Å². The van der Waals surface area contributed by atoms with Gasteiger partial charge < -0.3 is 9.59 Å². The van der Waals surface area contributed by atoms with Crippen LogP contribution in [0.15, 0.2) is 0 Å². The Balaban J connectivity index is -0.0000000686. The van der Waals surface area contributed by atoms with Gasteiger partial charge in [0.1, 0.15) is 0 Å². The average molecular weight is 496 g/mol. The van der Waals surface area contributed by atoms with Crippen LogP contribution < -0.4 is 0 Å². The maximum absolute atomic E-state index is 7.75. The van der Waals surface area contributed by atoms with Crippen LogP contribution in [-0.4, -0.2) is 13.6 Å². The number of hydrogen-bond acceptors (Lipinski definition) is 2. The molecule has 0 saturated heterocycles. The molecule has 0 unspecified atom stereocenters. The molecule has 2 saturated carbocycles. The first kappa shape index (κ1) is 43.7. The van der Waals surface area contributed by atoms with Crippen LogP contribution in [0, 0.1) is 72.5 Å². The van der Waals surface area contributed by atoms with Crippen molar-refractivity contribution >= 4 is 13.6 Å². The Morgan fingerprint density at radius 2 is 0.433 bits per heavy atom. The summed E-state index contributed by atoms with van der Waals surface area (Å²) in [5.74, 6) is 14.7. The fraction of sp³-hybridized carbons (Fsp3) is 0.417. The van der Waals surface area contributed by atoms with Crippen LogP contribution in [0.1, 0.15) is 69.2 Å². The minimum atomic E-state index is 0. The number of hydrogen-bond donors (Lipinski definition) is 0. The first-order valence-electron chi connectivity index (χ1n) is 8.38. The molecular formula is C24H32Fe2O4. The van der Waals surface area contributed by atoms with Gasteiger partial charge in [0.2, 0.25) is 0 Å². The second-order valence-corrected chi connectivity index (χ2v) is 6.25. The Kier molecular flexibility index (Phi) is 36.6. The van der Waals surface area contributed by atoms with Gasteiger partial charge in [0.25, 0.3) is 0 Å². The van der Waals surface area contributed by atoms with E-state index in [1.165, 1.54) is 59.2 Å². The Labute approximate surface area is 207 Å². The van der Waals surface area contributed by atoms with Crippen LogP contribution in [0.4, 0.5) is 0 Å². The van der Waals surface area contributed by atoms with Crippen molar-refractivity contribution in [3.05, 3.63) is 72.5 Å². The second kappa shape index (κ2) is 25.1. The summed E-state index contributed by atoms with van der Waals surface area (Å²) in [4.78, 5) is 15.5. The van der Waals surface area contributed by atoms with Crippen LogP contribution in [-0.2, 0) is 53.0 Å². The molecule has 0 spiro atoms. The molecule has 0 amide bonds. The van der Waals surface area contributed by atoms with Crippen LogP contribution in [0.25, 0.3) is 0 Å². The number of carbonyl (C=O) groups excluding carboxylic acids is 2. The Bertz CT molecular complexity index is 289. The third kappa shape index (κ3) is 12.7. The van der Waals surface area contributed by atoms with Gasteiger partial charge in [-0.25, -0.2) is 0 Å². The zero-order chi connectivity index (χ0) is 23.8. The summed E-state index contributed by atoms with van der Waals surface area (Å²) in [5, 5.41) is 0. The van der Waals surface area contributed by atoms with Crippen molar-refractivity contribution in [3.8, 4) is 0 Å². The van der Waals surface area contributed by atoms with E-state index in [-0.39, 0.29) is 34.1 Å². The van der Waals surface area contributed by atoms with E-state index in [0.717, 1.165) is 0 Å². The molecule has 0 aromatic carbocycles. The molecule has 0 atom stereocenters. The first-order valence-corrected chi connectivity index (χ1v) is 8.38. The monoisotopic (exact) mass is 496 g/mol. The van der Waals surface area contributed by atoms with Crippen LogP contribution >= 0.6 is 0 Å². The van der Waals surface area contributed by atoms with Crippen molar-refractivity contribution in [2.24, 2.45) is 0 Å². The topological polar surface area (TPSA) is 73.9 Å². The zero-order valence-electron chi connectivity index (χ0n) is 19.5. The summed E-state index contributed by atoms with van der Waals surface area (Å²) >= 11 is 0. The van der Waals surface area contributed by atoms with E-state index >= 15 is 0 Å². The van der Waals surface area contributed by atoms with Gasteiger partial charge in [-0.2, -0.15) is 0 Å². The van der Waals surface area contributed by atoms with Crippen LogP contribution in [0.3, 0.4) is 0 Å². The normalized spacial score (nSPS) is 19.4. The molecule has 0 aromatic rings. The Morgan fingerprint density at radius 1 is 0.400 bits per heavy atom. The summed E-state index contributed by atoms with van der Waals surface area (Å²) in [5.41, 5.74) is 0. The van der Waals surface area contributed by atoms with Crippen molar-refractivity contribution in [3.63, 3.8) is 0 Å². The van der Waals surface area contributed by atoms with Crippen molar-refractivity contribution in [1.29, 1.82) is 0 Å². The quantitative estimate of drug-likeness (QED) is 0.197. The van der Waals surface area contributed by atoms with Crippen LogP contribution in [0.2, 0.25) is 0 Å². The summed E-state index contributed by atoms with van der Waals surface area (Å²) in [6.45, 7) is 37.5. The molecule has 0 aromatic heterocycles. The third-order valence-electron chi connectivity index (χ3n) is 5.62. The smallest absolute Gasteiger partial charge is 0.545 e. The average Bonchev–Trinajstić information content (AvgIpc) is 3.04. The molecular weight excluding hydrogens is 464 g/mol. The van der Waals surface area contributed by atoms with Gasteiger partial charge in [-0.3, -0.25) is 13.6 Å². The molecule has 0 N–H and O–H groups in total. The maximum atomic E-state index is 7.75. The summed E-state index contributed by atoms with van der Waals surface area (Å²) in [6, 6.07) is 0. The van der Waals surface area contributed by atoms with Gasteiger partial charge in [0.05, 0.1) is 0 Å². The van der Waals surface area contributed by atoms with Gasteiger partial charge in [-0.1, -0.05) is 69.2 Å². The predicted octanol–water partition coefficient (Wildman–Crippen LogP) is 5.32. The predicted molar refractivity (Wildman–Crippen MR) is 111 cm³/mol. The molecule has 0 bridgehead atoms. The van der Waals surface area contributed by atoms with Gasteiger partial charge in [-0.15, -0.1) is 0 Å². The molecule has 2 rings (SSSR count). The van der Waals surface area contributed by atoms with Gasteiger partial charge in [-0.05, 0) is 59.2 Å². The van der Waals surface area contributed by atoms with Gasteiger partial charge in [0.15, 0.2) is 0 Å². The zero-order valence-corrected chi connectivity index (χ0v) is 21.7. The first-order chi connectivity index (χ1) is 13.1. The van der Waals surface area contributed by atoms with Gasteiger partial charge in [0, 0.05) is 17.1 Å². The molecule has 168 valence electrons. The molecule has 4 nitrogen and oxygen atoms in total. The maximum Gasteiger partial charge on any atom is 2.00 e. The van der Waals surface area contributed by atoms with Crippen molar-refractivity contribution in [1.82, 2.24) is 0 Å². The summed E-state index contributed by atoms with van der Waals surface area (Å²) < 4.78 is 15.0. The van der Waals surface area contributed by atoms with Crippen molar-refractivity contribution in [2.45, 2.75) is 69.2 Å². The fourth-order valence-electron chi connectivity index (χ4n) is 2.81. The van der Waals surface area contributed by atoms with E-state index in [9.17, 15) is 0 Å². The minimum absolute atomic E-state index is 0. The van der Waals surface area contributed by atoms with E-state index in [1.54, 1.807) is 0 Å². The van der Waals surface area contributed by atoms with Crippen molar-refractivity contribution < 1.29 is 53.0 Å². The SMILES string of the molecule is C[C]1[C](C)[C](C)[C](C)[C]1C.C[C]1[C](C)[C](C)[C](C)[C]1C.[C-]#[O+].[C-]#[O+].[CH-]=O.[CH-]=O.[Fe+2].[Fe]. The third-order valence-corrected chi connectivity index (χ3v) is 5.62. The Hall–Kier alpha value is -0.141. The van der Waals surface area contributed by atoms with Crippen molar-refractivity contribution in [2.75, 3.05) is 0 Å². The molecule has 10 radical (unpaired) electrons. The molecule has 2 aliphatic rings. The second-order valence-electron chi connectivity index (χ2n) is 6.25. The molecule has 0 heterocycles. The largest absolute Gasteiger partial charge is 2.00 e. The molecule has 30 heavy (non-hydrogen) atoms. The van der Waals surface area contributed by atoms with E-state index in [0.29, 0.717) is 0 Å². The fourth-order valence-corrected chi connectivity index (χ4v) is 2.81. The van der Waals surface area contributed by atoms with E-state index < -0.39 is 0 Å². The van der Waals surface area contributed by atoms with E-state index in [1.807, 2.05) is 0 Å². The molecule has 6 heteroatoms. The summed E-state index contributed by atoms with van der Waals surface area (Å²) in [7, 11) is 0.